The lowest BCUT2D eigenvalue weighted by molar-refractivity contribution is -0.258. The highest BCUT2D eigenvalue weighted by Gasteiger charge is 2.72. The third-order valence-corrected chi connectivity index (χ3v) is 3.32. The third-order valence-electron chi connectivity index (χ3n) is 3.32. The number of hydrogen-bond acceptors (Lipinski definition) is 7. The van der Waals surface area contributed by atoms with Crippen LogP contribution in [0.5, 0.6) is 0 Å². The molecule has 0 amide bonds. The molecule has 0 aromatic heterocycles. The maximum absolute atomic E-state index is 11.6. The van der Waals surface area contributed by atoms with Crippen molar-refractivity contribution in [1.29, 1.82) is 0 Å². The number of hydrogen-bond donors (Lipinski definition) is 3. The van der Waals surface area contributed by atoms with Crippen molar-refractivity contribution in [3.63, 3.8) is 0 Å². The summed E-state index contributed by atoms with van der Waals surface area (Å²) >= 11 is 0. The van der Waals surface area contributed by atoms with Crippen LogP contribution in [0.15, 0.2) is 0 Å². The number of ketones is 3. The average Bonchev–Trinajstić information content (AvgIpc) is 2.24. The minimum Gasteiger partial charge on any atom is -0.376 e. The van der Waals surface area contributed by atoms with Gasteiger partial charge in [0.2, 0.25) is 0 Å². The average molecular weight is 259 g/mol. The Balaban J connectivity index is 3.55. The van der Waals surface area contributed by atoms with Crippen LogP contribution >= 0.6 is 0 Å². The van der Waals surface area contributed by atoms with E-state index in [9.17, 15) is 29.7 Å². The lowest BCUT2D eigenvalue weighted by atomic mass is 9.64. The van der Waals surface area contributed by atoms with Crippen molar-refractivity contribution in [2.24, 2.45) is 0 Å². The summed E-state index contributed by atoms with van der Waals surface area (Å²) in [6.07, 6.45) is 0. The molecule has 1 saturated heterocycles. The van der Waals surface area contributed by atoms with Crippen LogP contribution in [0.2, 0.25) is 0 Å². The van der Waals surface area contributed by atoms with Crippen molar-refractivity contribution >= 4 is 17.3 Å². The zero-order valence-electron chi connectivity index (χ0n) is 10.3. The largest absolute Gasteiger partial charge is 0.376 e. The first-order valence-electron chi connectivity index (χ1n) is 5.20. The highest BCUT2D eigenvalue weighted by molar-refractivity contribution is 6.05. The van der Waals surface area contributed by atoms with Crippen LogP contribution in [0.1, 0.15) is 20.8 Å². The smallest absolute Gasteiger partial charge is 0.199 e. The Labute approximate surface area is 103 Å². The molecule has 1 aliphatic heterocycles. The van der Waals surface area contributed by atoms with E-state index in [4.69, 9.17) is 4.74 Å². The monoisotopic (exact) mass is 259 g/mol. The third kappa shape index (κ3) is 1.55. The van der Waals surface area contributed by atoms with Gasteiger partial charge in [0.05, 0.1) is 6.61 Å². The van der Waals surface area contributed by atoms with Gasteiger partial charge in [-0.3, -0.25) is 14.4 Å². The number of carbonyl (C=O) groups is 3. The lowest BCUT2D eigenvalue weighted by Crippen LogP contribution is -2.79. The summed E-state index contributed by atoms with van der Waals surface area (Å²) in [5.74, 6) is -3.13. The summed E-state index contributed by atoms with van der Waals surface area (Å²) in [6.45, 7) is 2.52. The maximum atomic E-state index is 11.6. The fourth-order valence-corrected chi connectivity index (χ4v) is 2.04. The van der Waals surface area contributed by atoms with Crippen LogP contribution in [0, 0.1) is 6.61 Å². The molecule has 0 bridgehead atoms. The van der Waals surface area contributed by atoms with E-state index in [1.165, 1.54) is 0 Å². The van der Waals surface area contributed by atoms with E-state index in [0.29, 0.717) is 6.61 Å². The standard InChI is InChI=1S/C11H15O7/c1-6(12)9(15)4-18-5-10(16,7(2)13)11(9,17)8(3)14/h4,15-17H,5H2,1-3H3/t9-,10+,11-/m1/s1. The van der Waals surface area contributed by atoms with E-state index < -0.39 is 40.8 Å². The van der Waals surface area contributed by atoms with E-state index >= 15 is 0 Å². The molecule has 0 aromatic rings. The highest BCUT2D eigenvalue weighted by Crippen LogP contribution is 2.41. The highest BCUT2D eigenvalue weighted by atomic mass is 16.5. The lowest BCUT2D eigenvalue weighted by Gasteiger charge is -2.51. The molecule has 101 valence electrons. The number of ether oxygens (including phenoxy) is 1. The molecule has 0 aromatic carbocycles. The van der Waals surface area contributed by atoms with Crippen molar-refractivity contribution in [3.05, 3.63) is 6.61 Å². The molecule has 0 saturated carbocycles. The number of carbonyl (C=O) groups excluding carboxylic acids is 3. The van der Waals surface area contributed by atoms with Gasteiger partial charge < -0.3 is 20.1 Å². The van der Waals surface area contributed by atoms with Gasteiger partial charge in [0, 0.05) is 0 Å². The molecule has 1 radical (unpaired) electrons. The van der Waals surface area contributed by atoms with E-state index in [-0.39, 0.29) is 0 Å². The van der Waals surface area contributed by atoms with Gasteiger partial charge in [-0.05, 0) is 20.8 Å². The van der Waals surface area contributed by atoms with Gasteiger partial charge >= 0.3 is 0 Å². The molecule has 7 heteroatoms. The predicted octanol–water partition coefficient (Wildman–Crippen LogP) is -1.86. The molecule has 3 N–H and O–H groups in total. The van der Waals surface area contributed by atoms with E-state index in [1.807, 2.05) is 0 Å². The fourth-order valence-electron chi connectivity index (χ4n) is 2.04. The molecule has 0 unspecified atom stereocenters. The Morgan fingerprint density at radius 1 is 1.00 bits per heavy atom. The van der Waals surface area contributed by atoms with Crippen molar-refractivity contribution < 1.29 is 34.4 Å². The zero-order chi connectivity index (χ0) is 14.4. The van der Waals surface area contributed by atoms with E-state index in [2.05, 4.69) is 0 Å². The van der Waals surface area contributed by atoms with Gasteiger partial charge in [-0.2, -0.15) is 0 Å². The normalized spacial score (nSPS) is 40.3. The van der Waals surface area contributed by atoms with Crippen molar-refractivity contribution in [3.8, 4) is 0 Å². The van der Waals surface area contributed by atoms with Gasteiger partial charge in [0.1, 0.15) is 6.61 Å². The van der Waals surface area contributed by atoms with Crippen molar-refractivity contribution in [2.75, 3.05) is 6.61 Å². The first-order chi connectivity index (χ1) is 8.04. The number of rotatable bonds is 3. The van der Waals surface area contributed by atoms with E-state index in [1.54, 1.807) is 0 Å². The van der Waals surface area contributed by atoms with Crippen molar-refractivity contribution in [1.82, 2.24) is 0 Å². The van der Waals surface area contributed by atoms with Crippen LogP contribution < -0.4 is 0 Å². The second kappa shape index (κ2) is 4.20. The molecule has 0 aliphatic carbocycles. The molecule has 1 heterocycles. The predicted molar refractivity (Wildman–Crippen MR) is 57.1 cm³/mol. The Hall–Kier alpha value is -1.15. The molecule has 1 rings (SSSR count). The summed E-state index contributed by atoms with van der Waals surface area (Å²) in [7, 11) is 0. The minimum absolute atomic E-state index is 0.564. The second-order valence-corrected chi connectivity index (χ2v) is 4.43. The van der Waals surface area contributed by atoms with Crippen molar-refractivity contribution in [2.45, 2.75) is 37.6 Å². The molecule has 0 spiro atoms. The van der Waals surface area contributed by atoms with E-state index in [0.717, 1.165) is 20.8 Å². The quantitative estimate of drug-likeness (QED) is 0.543. The van der Waals surface area contributed by atoms with Crippen LogP contribution in [-0.2, 0) is 19.1 Å². The summed E-state index contributed by atoms with van der Waals surface area (Å²) < 4.78 is 4.69. The Morgan fingerprint density at radius 3 is 1.83 bits per heavy atom. The zero-order valence-corrected chi connectivity index (χ0v) is 10.3. The maximum Gasteiger partial charge on any atom is 0.199 e. The topological polar surface area (TPSA) is 121 Å². The first kappa shape index (κ1) is 14.9. The first-order valence-corrected chi connectivity index (χ1v) is 5.20. The minimum atomic E-state index is -2.98. The molecule has 3 atom stereocenters. The number of Topliss-reactive ketones (excluding diaryl/α,β-unsaturated/α-hetero) is 3. The van der Waals surface area contributed by atoms with Gasteiger partial charge in [0.25, 0.3) is 0 Å². The Morgan fingerprint density at radius 2 is 1.50 bits per heavy atom. The summed E-state index contributed by atoms with van der Waals surface area (Å²) in [5, 5.41) is 30.6. The van der Waals surface area contributed by atoms with Gasteiger partial charge in [-0.15, -0.1) is 0 Å². The summed E-state index contributed by atoms with van der Waals surface area (Å²) in [6, 6.07) is 0. The Bertz CT molecular complexity index is 388. The van der Waals surface area contributed by atoms with Crippen LogP contribution in [0.4, 0.5) is 0 Å². The van der Waals surface area contributed by atoms with Crippen LogP contribution in [0.3, 0.4) is 0 Å². The van der Waals surface area contributed by atoms with Gasteiger partial charge in [0.15, 0.2) is 34.2 Å². The summed E-state index contributed by atoms with van der Waals surface area (Å²) in [4.78, 5) is 34.5. The summed E-state index contributed by atoms with van der Waals surface area (Å²) in [5.41, 5.74) is -8.44. The molecular weight excluding hydrogens is 244 g/mol. The molecule has 18 heavy (non-hydrogen) atoms. The Kier molecular flexibility index (Phi) is 3.48. The van der Waals surface area contributed by atoms with Gasteiger partial charge in [-0.1, -0.05) is 0 Å². The van der Waals surface area contributed by atoms with Gasteiger partial charge in [-0.25, -0.2) is 0 Å². The second-order valence-electron chi connectivity index (χ2n) is 4.43. The van der Waals surface area contributed by atoms with Crippen LogP contribution in [0.25, 0.3) is 0 Å². The molecule has 1 aliphatic rings. The molecule has 1 fully saturated rings. The molecular formula is C11H15O7. The SMILES string of the molecule is CC(=O)[C@@]1(O)[C@](O)(C(C)=O)[CH]OC[C@]1(O)C(C)=O. The molecule has 7 nitrogen and oxygen atoms in total. The number of aliphatic hydroxyl groups is 3. The fraction of sp³-hybridized carbons (Fsp3) is 0.636. The van der Waals surface area contributed by atoms with Crippen LogP contribution in [-0.4, -0.2) is 56.1 Å².